The highest BCUT2D eigenvalue weighted by molar-refractivity contribution is 6.31. The van der Waals surface area contributed by atoms with Crippen molar-refractivity contribution in [3.05, 3.63) is 360 Å². The average molecular weight is 1490 g/mol. The van der Waals surface area contributed by atoms with Crippen LogP contribution in [0.3, 0.4) is 0 Å². The molecule has 115 heavy (non-hydrogen) atoms. The number of hydrogen-bond donors (Lipinski definition) is 0. The minimum atomic E-state index is -0.250. The van der Waals surface area contributed by atoms with Crippen LogP contribution in [-0.2, 0) is 12.8 Å². The maximum atomic E-state index is 14.0. The lowest BCUT2D eigenvalue weighted by atomic mass is 9.82. The van der Waals surface area contributed by atoms with E-state index in [4.69, 9.17) is 0 Å². The lowest BCUT2D eigenvalue weighted by molar-refractivity contribution is 0.627. The molecule has 0 fully saturated rings. The molecule has 3 aliphatic rings. The molecule has 0 bridgehead atoms. The zero-order valence-corrected chi connectivity index (χ0v) is 66.8. The van der Waals surface area contributed by atoms with Crippen molar-refractivity contribution in [3.8, 4) is 134 Å². The number of benzene rings is 18. The van der Waals surface area contributed by atoms with Crippen LogP contribution in [0.2, 0.25) is 0 Å². The summed E-state index contributed by atoms with van der Waals surface area (Å²) in [6, 6.07) is 111. The van der Waals surface area contributed by atoms with E-state index in [2.05, 4.69) is 309 Å². The van der Waals surface area contributed by atoms with Gasteiger partial charge in [-0.3, -0.25) is 0 Å². The largest absolute Gasteiger partial charge is 0.207 e. The maximum Gasteiger partial charge on any atom is 0.123 e. The van der Waals surface area contributed by atoms with E-state index in [1.165, 1.54) is 263 Å². The molecule has 2 heteroatoms. The monoisotopic (exact) mass is 1490 g/mol. The van der Waals surface area contributed by atoms with E-state index < -0.39 is 0 Å². The molecule has 18 aromatic rings. The number of halogens is 2. The van der Waals surface area contributed by atoms with E-state index in [1.807, 2.05) is 24.3 Å². The van der Waals surface area contributed by atoms with Crippen LogP contribution in [-0.4, -0.2) is 0 Å². The van der Waals surface area contributed by atoms with Gasteiger partial charge in [0.25, 0.3) is 0 Å². The Hall–Kier alpha value is -12.6. The van der Waals surface area contributed by atoms with Crippen molar-refractivity contribution in [1.29, 1.82) is 0 Å². The van der Waals surface area contributed by atoms with Gasteiger partial charge in [0.05, 0.1) is 0 Å². The molecule has 0 N–H and O–H groups in total. The molecular formula is C113H92F2. The Morgan fingerprint density at radius 1 is 0.209 bits per heavy atom. The normalized spacial score (nSPS) is 11.9. The molecule has 0 saturated carbocycles. The Morgan fingerprint density at radius 3 is 0.843 bits per heavy atom. The third-order valence-corrected chi connectivity index (χ3v) is 24.9. The average Bonchev–Trinajstić information content (AvgIpc) is 1.57. The molecule has 18 aromatic carbocycles. The second-order valence-electron chi connectivity index (χ2n) is 32.4. The van der Waals surface area contributed by atoms with E-state index in [1.54, 1.807) is 0 Å². The number of unbranched alkanes of at least 4 members (excludes halogenated alkanes) is 6. The van der Waals surface area contributed by atoms with Crippen molar-refractivity contribution >= 4 is 64.6 Å². The van der Waals surface area contributed by atoms with Gasteiger partial charge in [0, 0.05) is 0 Å². The van der Waals surface area contributed by atoms with Gasteiger partial charge in [-0.2, -0.15) is 0 Å². The standard InChI is InChI=1S/C46H48.C34H22F2.C33H22/c1-5-7-9-11-14-33-20-24-35(25-21-33)42-38-28-18-31(3)30-41(38)43(36-26-22-34(23-27-36)15-12-10-8-6-2)45-39-17-13-16-37-32(4)19-29-40(44(37)39)46(42)45;1-19-6-16-26-29(18-19)31(22-10-14-24(36)15-11-22)33-27-5-3-4-25-20(2)7-17-28(32(25)27)34(33)30(26)21-8-12-23(35)13-9-21;1-21-18-19-25-28(20-21)31(24-12-6-3-7-13-24)33-27-17-9-15-22-14-8-16-26(29(22)27)32(33)30(25)23-10-4-2-5-11-23/h13,16-30H,5-12,14-15H2,1-4H3;3-18H,1-2H3;2-20H,1H3. The molecule has 0 radical (unpaired) electrons. The van der Waals surface area contributed by atoms with Crippen LogP contribution in [0.5, 0.6) is 0 Å². The predicted octanol–water partition coefficient (Wildman–Crippen LogP) is 33.0. The Kier molecular flexibility index (Phi) is 19.2. The summed E-state index contributed by atoms with van der Waals surface area (Å²) in [6.07, 6.45) is 12.7. The topological polar surface area (TPSA) is 0 Å². The van der Waals surface area contributed by atoms with Crippen LogP contribution in [0.1, 0.15) is 104 Å². The smallest absolute Gasteiger partial charge is 0.123 e. The van der Waals surface area contributed by atoms with Gasteiger partial charge < -0.3 is 0 Å². The van der Waals surface area contributed by atoms with Crippen molar-refractivity contribution in [2.45, 2.75) is 113 Å². The van der Waals surface area contributed by atoms with Crippen LogP contribution in [0, 0.1) is 46.3 Å². The Bertz CT molecular complexity index is 6860. The fraction of sp³-hybridized carbons (Fsp3) is 0.150. The summed E-state index contributed by atoms with van der Waals surface area (Å²) in [6.45, 7) is 15.5. The summed E-state index contributed by atoms with van der Waals surface area (Å²) in [5.41, 5.74) is 39.7. The summed E-state index contributed by atoms with van der Waals surface area (Å²) in [7, 11) is 0. The Morgan fingerprint density at radius 2 is 0.504 bits per heavy atom. The molecule has 0 heterocycles. The first-order valence-corrected chi connectivity index (χ1v) is 41.6. The number of aryl methyl sites for hydroxylation is 7. The molecule has 0 saturated heterocycles. The molecule has 0 atom stereocenters. The van der Waals surface area contributed by atoms with E-state index in [-0.39, 0.29) is 11.6 Å². The van der Waals surface area contributed by atoms with E-state index in [0.29, 0.717) is 0 Å². The van der Waals surface area contributed by atoms with Gasteiger partial charge in [-0.25, -0.2) is 8.78 Å². The molecule has 0 unspecified atom stereocenters. The van der Waals surface area contributed by atoms with Crippen molar-refractivity contribution in [1.82, 2.24) is 0 Å². The van der Waals surface area contributed by atoms with Gasteiger partial charge in [0.2, 0.25) is 0 Å². The lowest BCUT2D eigenvalue weighted by Gasteiger charge is -2.21. The zero-order valence-electron chi connectivity index (χ0n) is 66.8. The highest BCUT2D eigenvalue weighted by Crippen LogP contribution is 2.62. The number of rotatable bonds is 16. The van der Waals surface area contributed by atoms with Crippen molar-refractivity contribution in [2.24, 2.45) is 0 Å². The highest BCUT2D eigenvalue weighted by Gasteiger charge is 2.35. The maximum absolute atomic E-state index is 14.0. The van der Waals surface area contributed by atoms with E-state index >= 15 is 0 Å². The fourth-order valence-electron chi connectivity index (χ4n) is 19.5. The first-order valence-electron chi connectivity index (χ1n) is 41.6. The highest BCUT2D eigenvalue weighted by atomic mass is 19.1. The third kappa shape index (κ3) is 12.7. The van der Waals surface area contributed by atoms with Crippen molar-refractivity contribution in [3.63, 3.8) is 0 Å². The minimum Gasteiger partial charge on any atom is -0.207 e. The molecule has 0 aromatic heterocycles. The van der Waals surface area contributed by atoms with Gasteiger partial charge in [0.1, 0.15) is 11.6 Å². The van der Waals surface area contributed by atoms with Crippen LogP contribution >= 0.6 is 0 Å². The van der Waals surface area contributed by atoms with E-state index in [0.717, 1.165) is 62.6 Å². The van der Waals surface area contributed by atoms with Crippen LogP contribution in [0.4, 0.5) is 8.78 Å². The van der Waals surface area contributed by atoms with Crippen LogP contribution < -0.4 is 0 Å². The fourth-order valence-corrected chi connectivity index (χ4v) is 19.5. The molecule has 21 rings (SSSR count). The second-order valence-corrected chi connectivity index (χ2v) is 32.4. The summed E-state index contributed by atoms with van der Waals surface area (Å²) >= 11 is 0. The second kappa shape index (κ2) is 30.4. The van der Waals surface area contributed by atoms with Crippen molar-refractivity contribution < 1.29 is 8.78 Å². The Balaban J connectivity index is 0.000000117. The summed E-state index contributed by atoms with van der Waals surface area (Å²) in [4.78, 5) is 0. The van der Waals surface area contributed by atoms with Crippen LogP contribution in [0.25, 0.3) is 198 Å². The first-order chi connectivity index (χ1) is 56.4. The van der Waals surface area contributed by atoms with Gasteiger partial charge in [-0.1, -0.05) is 354 Å². The van der Waals surface area contributed by atoms with Gasteiger partial charge in [-0.15, -0.1) is 0 Å². The Labute approximate surface area is 675 Å². The molecule has 0 nitrogen and oxygen atoms in total. The van der Waals surface area contributed by atoms with Crippen molar-refractivity contribution in [2.75, 3.05) is 0 Å². The minimum absolute atomic E-state index is 0.250. The summed E-state index contributed by atoms with van der Waals surface area (Å²) in [5, 5.41) is 15.5. The van der Waals surface area contributed by atoms with Gasteiger partial charge in [0.15, 0.2) is 0 Å². The van der Waals surface area contributed by atoms with E-state index in [9.17, 15) is 8.78 Å². The number of fused-ring (bicyclic) bond motifs is 12. The van der Waals surface area contributed by atoms with Gasteiger partial charge >= 0.3 is 0 Å². The summed E-state index contributed by atoms with van der Waals surface area (Å²) in [5.74, 6) is -0.501. The molecular weight excluding hydrogens is 1400 g/mol. The molecule has 3 aliphatic carbocycles. The first kappa shape index (κ1) is 72.6. The number of hydrogen-bond acceptors (Lipinski definition) is 0. The molecule has 0 amide bonds. The third-order valence-electron chi connectivity index (χ3n) is 24.9. The SMILES string of the molecule is CCCCCCc1ccc(-c2c3c(c(-c4ccc(CCCCCC)cc4)c4cc(C)ccc24)-c2cccc4c(C)ccc-3c24)cc1.Cc1ccc2c(-c3ccc(F)cc3)c3c(c(-c4ccc(F)cc4)c2c1)-c1cccc2c(C)ccc-3c12.Cc1ccc2c(-c3ccccc3)c3c(c(-c4ccccc4)c2c1)-c1cccc2cccc-3c12. The predicted molar refractivity (Wildman–Crippen MR) is 490 cm³/mol. The lowest BCUT2D eigenvalue weighted by Crippen LogP contribution is -1.95. The zero-order chi connectivity index (χ0) is 78.1. The molecule has 0 spiro atoms. The molecule has 0 aliphatic heterocycles. The summed E-state index contributed by atoms with van der Waals surface area (Å²) < 4.78 is 28.0. The molecule has 558 valence electrons. The quantitative estimate of drug-likeness (QED) is 0.0846. The van der Waals surface area contributed by atoms with Crippen LogP contribution in [0.15, 0.2) is 309 Å². The van der Waals surface area contributed by atoms with Gasteiger partial charge in [-0.05, 0) is 305 Å².